The summed E-state index contributed by atoms with van der Waals surface area (Å²) in [5.74, 6) is 0. The van der Waals surface area contributed by atoms with E-state index in [1.807, 2.05) is 53.4 Å². The van der Waals surface area contributed by atoms with Crippen LogP contribution in [-0.2, 0) is 0 Å². The molecule has 0 saturated carbocycles. The van der Waals surface area contributed by atoms with E-state index in [1.165, 1.54) is 0 Å². The maximum atomic E-state index is 5.90. The van der Waals surface area contributed by atoms with Gasteiger partial charge in [-0.15, -0.1) is 0 Å². The van der Waals surface area contributed by atoms with Gasteiger partial charge in [0.25, 0.3) is 0 Å². The summed E-state index contributed by atoms with van der Waals surface area (Å²) in [6, 6.07) is 15.5. The van der Waals surface area contributed by atoms with Gasteiger partial charge < -0.3 is 0 Å². The number of rotatable bonds is 1. The van der Waals surface area contributed by atoms with Gasteiger partial charge in [-0.2, -0.15) is 0 Å². The van der Waals surface area contributed by atoms with Crippen LogP contribution in [0.5, 0.6) is 0 Å². The van der Waals surface area contributed by atoms with E-state index in [9.17, 15) is 0 Å². The molecule has 0 radical (unpaired) electrons. The summed E-state index contributed by atoms with van der Waals surface area (Å²) in [5, 5.41) is 0.701. The zero-order valence-electron chi connectivity index (χ0n) is 9.26. The predicted octanol–water partition coefficient (Wildman–Crippen LogP) is 4.21. The van der Waals surface area contributed by atoms with Crippen molar-refractivity contribution < 1.29 is 0 Å². The molecule has 3 rings (SSSR count). The molecule has 0 N–H and O–H groups in total. The fourth-order valence-corrected chi connectivity index (χ4v) is 2.95. The standard InChI is InChI=1S/C14H8ClNS2/c15-9-5-7-10(8-6-9)16-13(17)11-3-1-2-4-12(11)14(16)18/h1-8H. The molecule has 0 aromatic heterocycles. The summed E-state index contributed by atoms with van der Waals surface area (Å²) < 4.78 is 0. The van der Waals surface area contributed by atoms with Crippen molar-refractivity contribution in [3.8, 4) is 0 Å². The first-order valence-corrected chi connectivity index (χ1v) is 6.61. The van der Waals surface area contributed by atoms with Crippen molar-refractivity contribution in [1.82, 2.24) is 0 Å². The lowest BCUT2D eigenvalue weighted by molar-refractivity contribution is 1.50. The first-order chi connectivity index (χ1) is 8.68. The number of thiocarbonyl (C=S) groups is 2. The number of hydrogen-bond donors (Lipinski definition) is 0. The monoisotopic (exact) mass is 289 g/mol. The van der Waals surface area contributed by atoms with E-state index >= 15 is 0 Å². The van der Waals surface area contributed by atoms with Gasteiger partial charge in [0.1, 0.15) is 9.98 Å². The average Bonchev–Trinajstić information content (AvgIpc) is 2.64. The fourth-order valence-electron chi connectivity index (χ4n) is 2.01. The molecule has 2 aromatic carbocycles. The molecule has 2 aromatic rings. The lowest BCUT2D eigenvalue weighted by Gasteiger charge is -2.18. The van der Waals surface area contributed by atoms with Crippen molar-refractivity contribution in [2.45, 2.75) is 0 Å². The fraction of sp³-hybridized carbons (Fsp3) is 0. The van der Waals surface area contributed by atoms with Crippen LogP contribution in [0.25, 0.3) is 0 Å². The van der Waals surface area contributed by atoms with Gasteiger partial charge in [0, 0.05) is 21.8 Å². The first-order valence-electron chi connectivity index (χ1n) is 5.42. The largest absolute Gasteiger partial charge is 0.291 e. The van der Waals surface area contributed by atoms with E-state index in [4.69, 9.17) is 36.0 Å². The second-order valence-corrected chi connectivity index (χ2v) is 5.18. The maximum Gasteiger partial charge on any atom is 0.119 e. The molecule has 4 heteroatoms. The molecule has 0 saturated heterocycles. The third-order valence-corrected chi connectivity index (χ3v) is 3.94. The number of halogens is 1. The predicted molar refractivity (Wildman–Crippen MR) is 83.8 cm³/mol. The lowest BCUT2D eigenvalue weighted by Crippen LogP contribution is -2.27. The Bertz CT molecular complexity index is 614. The summed E-state index contributed by atoms with van der Waals surface area (Å²) in [5.41, 5.74) is 2.99. The van der Waals surface area contributed by atoms with E-state index in [-0.39, 0.29) is 0 Å². The highest BCUT2D eigenvalue weighted by Gasteiger charge is 2.29. The smallest absolute Gasteiger partial charge is 0.119 e. The van der Waals surface area contributed by atoms with Crippen molar-refractivity contribution in [2.75, 3.05) is 4.90 Å². The number of anilines is 1. The number of benzene rings is 2. The minimum atomic E-state index is 0.701. The molecule has 0 fully saturated rings. The van der Waals surface area contributed by atoms with Crippen LogP contribution >= 0.6 is 36.0 Å². The van der Waals surface area contributed by atoms with Gasteiger partial charge in [0.15, 0.2) is 0 Å². The summed E-state index contributed by atoms with van der Waals surface area (Å²) >= 11 is 16.9. The summed E-state index contributed by atoms with van der Waals surface area (Å²) in [6.07, 6.45) is 0. The quantitative estimate of drug-likeness (QED) is 0.724. The zero-order valence-corrected chi connectivity index (χ0v) is 11.6. The highest BCUT2D eigenvalue weighted by molar-refractivity contribution is 7.83. The van der Waals surface area contributed by atoms with Gasteiger partial charge in [-0.3, -0.25) is 4.90 Å². The molecule has 0 aliphatic carbocycles. The molecule has 18 heavy (non-hydrogen) atoms. The van der Waals surface area contributed by atoms with Crippen molar-refractivity contribution in [1.29, 1.82) is 0 Å². The Kier molecular flexibility index (Phi) is 2.90. The van der Waals surface area contributed by atoms with Crippen LogP contribution in [0.4, 0.5) is 5.69 Å². The van der Waals surface area contributed by atoms with Gasteiger partial charge in [-0.05, 0) is 24.3 Å². The molecule has 1 heterocycles. The molecule has 0 bridgehead atoms. The molecule has 1 aliphatic heterocycles. The Morgan fingerprint density at radius 1 is 0.778 bits per heavy atom. The topological polar surface area (TPSA) is 3.24 Å². The van der Waals surface area contributed by atoms with Crippen LogP contribution in [0.1, 0.15) is 11.1 Å². The normalized spacial score (nSPS) is 13.9. The first kappa shape index (κ1) is 11.8. The van der Waals surface area contributed by atoms with Crippen LogP contribution in [0.15, 0.2) is 48.5 Å². The molecule has 0 amide bonds. The average molecular weight is 290 g/mol. The van der Waals surface area contributed by atoms with Gasteiger partial charge in [0.05, 0.1) is 0 Å². The molecular weight excluding hydrogens is 282 g/mol. The van der Waals surface area contributed by atoms with E-state index in [2.05, 4.69) is 0 Å². The Balaban J connectivity index is 2.09. The second kappa shape index (κ2) is 4.43. The van der Waals surface area contributed by atoms with E-state index in [1.54, 1.807) is 0 Å². The van der Waals surface area contributed by atoms with Crippen molar-refractivity contribution in [3.05, 3.63) is 64.7 Å². The number of hydrogen-bond acceptors (Lipinski definition) is 2. The Hall–Kier alpha value is -1.29. The second-order valence-electron chi connectivity index (χ2n) is 3.97. The summed E-state index contributed by atoms with van der Waals surface area (Å²) in [4.78, 5) is 3.40. The number of fused-ring (bicyclic) bond motifs is 1. The molecule has 0 atom stereocenters. The molecule has 0 unspecified atom stereocenters. The van der Waals surface area contributed by atoms with Crippen LogP contribution in [0.2, 0.25) is 5.02 Å². The third kappa shape index (κ3) is 1.75. The highest BCUT2D eigenvalue weighted by Crippen LogP contribution is 2.30. The zero-order chi connectivity index (χ0) is 12.7. The minimum Gasteiger partial charge on any atom is -0.291 e. The molecule has 88 valence electrons. The van der Waals surface area contributed by atoms with Gasteiger partial charge in [0.2, 0.25) is 0 Å². The Morgan fingerprint density at radius 2 is 1.28 bits per heavy atom. The summed E-state index contributed by atoms with van der Waals surface area (Å²) in [7, 11) is 0. The Morgan fingerprint density at radius 3 is 1.78 bits per heavy atom. The van der Waals surface area contributed by atoms with Crippen molar-refractivity contribution in [3.63, 3.8) is 0 Å². The molecular formula is C14H8ClNS2. The van der Waals surface area contributed by atoms with Crippen LogP contribution < -0.4 is 4.90 Å². The van der Waals surface area contributed by atoms with Gasteiger partial charge in [-0.1, -0.05) is 60.3 Å². The molecule has 1 aliphatic rings. The van der Waals surface area contributed by atoms with Crippen molar-refractivity contribution >= 4 is 51.7 Å². The van der Waals surface area contributed by atoms with Crippen LogP contribution in [-0.4, -0.2) is 9.98 Å². The van der Waals surface area contributed by atoms with E-state index in [0.717, 1.165) is 26.8 Å². The van der Waals surface area contributed by atoms with E-state index < -0.39 is 0 Å². The maximum absolute atomic E-state index is 5.90. The van der Waals surface area contributed by atoms with Crippen molar-refractivity contribution in [2.24, 2.45) is 0 Å². The van der Waals surface area contributed by atoms with E-state index in [0.29, 0.717) is 5.02 Å². The third-order valence-electron chi connectivity index (χ3n) is 2.88. The van der Waals surface area contributed by atoms with Gasteiger partial charge >= 0.3 is 0 Å². The molecule has 1 nitrogen and oxygen atoms in total. The van der Waals surface area contributed by atoms with Crippen LogP contribution in [0.3, 0.4) is 0 Å². The summed E-state index contributed by atoms with van der Waals surface area (Å²) in [6.45, 7) is 0. The Labute approximate surface area is 121 Å². The van der Waals surface area contributed by atoms with Gasteiger partial charge in [-0.25, -0.2) is 0 Å². The lowest BCUT2D eigenvalue weighted by atomic mass is 10.1. The van der Waals surface area contributed by atoms with Crippen LogP contribution in [0, 0.1) is 0 Å². The SMILES string of the molecule is S=C1c2ccccc2C(=S)N1c1ccc(Cl)cc1. The highest BCUT2D eigenvalue weighted by atomic mass is 35.5. The minimum absolute atomic E-state index is 0.701. The molecule has 0 spiro atoms. The number of nitrogens with zero attached hydrogens (tertiary/aromatic N) is 1.